The van der Waals surface area contributed by atoms with Crippen molar-refractivity contribution in [1.29, 1.82) is 0 Å². The topological polar surface area (TPSA) is 91.0 Å². The molecule has 0 aliphatic carbocycles. The second kappa shape index (κ2) is 9.46. The van der Waals surface area contributed by atoms with Gasteiger partial charge >= 0.3 is 6.18 Å². The van der Waals surface area contributed by atoms with Gasteiger partial charge < -0.3 is 15.2 Å². The number of carbonyl (C=O) groups excluding carboxylic acids is 1. The molecule has 0 atom stereocenters. The Morgan fingerprint density at radius 2 is 1.94 bits per heavy atom. The van der Waals surface area contributed by atoms with Gasteiger partial charge in [0.2, 0.25) is 5.91 Å². The summed E-state index contributed by atoms with van der Waals surface area (Å²) in [6, 6.07) is 9.29. The predicted octanol–water partition coefficient (Wildman–Crippen LogP) is 4.67. The number of carbonyl (C=O) groups is 1. The van der Waals surface area contributed by atoms with Gasteiger partial charge in [-0.05, 0) is 38.0 Å². The van der Waals surface area contributed by atoms with Crippen molar-refractivity contribution in [3.8, 4) is 11.4 Å². The minimum absolute atomic E-state index is 0.0719. The third-order valence-electron chi connectivity index (χ3n) is 5.59. The van der Waals surface area contributed by atoms with Crippen molar-refractivity contribution in [3.63, 3.8) is 0 Å². The summed E-state index contributed by atoms with van der Waals surface area (Å²) in [5.41, 5.74) is 0.662. The summed E-state index contributed by atoms with van der Waals surface area (Å²) in [5, 5.41) is 2.83. The van der Waals surface area contributed by atoms with E-state index in [4.69, 9.17) is 11.6 Å². The Hall–Kier alpha value is -3.40. The van der Waals surface area contributed by atoms with Gasteiger partial charge in [-0.2, -0.15) is 13.2 Å². The maximum atomic E-state index is 12.8. The average molecular weight is 492 g/mol. The number of aryl methyl sites for hydroxylation is 1. The Bertz CT molecular complexity index is 1270. The van der Waals surface area contributed by atoms with Crippen molar-refractivity contribution >= 4 is 29.0 Å². The highest BCUT2D eigenvalue weighted by Crippen LogP contribution is 2.34. The van der Waals surface area contributed by atoms with Crippen molar-refractivity contribution in [2.24, 2.45) is 5.92 Å². The molecular weight excluding hydrogens is 471 g/mol. The van der Waals surface area contributed by atoms with E-state index in [0.717, 1.165) is 12.3 Å². The zero-order chi connectivity index (χ0) is 24.5. The Labute approximate surface area is 198 Å². The van der Waals surface area contributed by atoms with Crippen LogP contribution in [0.25, 0.3) is 11.4 Å². The molecule has 1 aliphatic rings. The number of nitrogens with one attached hydrogen (secondary N) is 2. The number of aromatic amines is 1. The van der Waals surface area contributed by atoms with Crippen LogP contribution in [0.15, 0.2) is 47.4 Å². The number of aromatic nitrogens is 3. The lowest BCUT2D eigenvalue weighted by Crippen LogP contribution is -2.38. The minimum atomic E-state index is -4.51. The molecule has 34 heavy (non-hydrogen) atoms. The molecular formula is C23H21ClF3N5O2. The SMILES string of the molecule is Cc1cc(=O)[nH]c(-c2cccc(NC(=O)C3CCN(c4ncc(C(F)(F)F)cc4Cl)CC3)c2)n1. The summed E-state index contributed by atoms with van der Waals surface area (Å²) in [7, 11) is 0. The number of benzene rings is 1. The molecule has 178 valence electrons. The van der Waals surface area contributed by atoms with Gasteiger partial charge in [-0.3, -0.25) is 9.59 Å². The first kappa shape index (κ1) is 23.7. The lowest BCUT2D eigenvalue weighted by atomic mass is 9.95. The zero-order valence-electron chi connectivity index (χ0n) is 18.1. The lowest BCUT2D eigenvalue weighted by molar-refractivity contribution is -0.137. The average Bonchev–Trinajstić information content (AvgIpc) is 2.78. The van der Waals surface area contributed by atoms with Crippen LogP contribution in [0, 0.1) is 12.8 Å². The summed E-state index contributed by atoms with van der Waals surface area (Å²) in [6.45, 7) is 2.60. The summed E-state index contributed by atoms with van der Waals surface area (Å²) >= 11 is 6.05. The predicted molar refractivity (Wildman–Crippen MR) is 123 cm³/mol. The number of piperidine rings is 1. The molecule has 4 rings (SSSR count). The van der Waals surface area contributed by atoms with E-state index in [0.29, 0.717) is 48.7 Å². The fourth-order valence-electron chi connectivity index (χ4n) is 3.88. The fraction of sp³-hybridized carbons (Fsp3) is 0.304. The van der Waals surface area contributed by atoms with Crippen molar-refractivity contribution in [3.05, 3.63) is 69.2 Å². The number of hydrogen-bond acceptors (Lipinski definition) is 5. The van der Waals surface area contributed by atoms with Crippen LogP contribution in [0.5, 0.6) is 0 Å². The van der Waals surface area contributed by atoms with E-state index in [1.54, 1.807) is 36.1 Å². The summed E-state index contributed by atoms with van der Waals surface area (Å²) in [4.78, 5) is 37.2. The second-order valence-electron chi connectivity index (χ2n) is 8.09. The third-order valence-corrected chi connectivity index (χ3v) is 5.87. The van der Waals surface area contributed by atoms with Crippen LogP contribution < -0.4 is 15.8 Å². The molecule has 1 saturated heterocycles. The summed E-state index contributed by atoms with van der Waals surface area (Å²) < 4.78 is 38.5. The highest BCUT2D eigenvalue weighted by Gasteiger charge is 2.33. The van der Waals surface area contributed by atoms with Crippen LogP contribution in [0.1, 0.15) is 24.1 Å². The van der Waals surface area contributed by atoms with Gasteiger partial charge in [0.25, 0.3) is 5.56 Å². The zero-order valence-corrected chi connectivity index (χ0v) is 18.9. The molecule has 1 aromatic carbocycles. The van der Waals surface area contributed by atoms with Crippen LogP contribution in [0.2, 0.25) is 5.02 Å². The van der Waals surface area contributed by atoms with Crippen molar-refractivity contribution < 1.29 is 18.0 Å². The summed E-state index contributed by atoms with van der Waals surface area (Å²) in [5.74, 6) is 0.259. The molecule has 3 aromatic rings. The van der Waals surface area contributed by atoms with Crippen LogP contribution in [-0.4, -0.2) is 33.9 Å². The van der Waals surface area contributed by atoms with Crippen LogP contribution in [-0.2, 0) is 11.0 Å². The highest BCUT2D eigenvalue weighted by molar-refractivity contribution is 6.33. The first-order valence-corrected chi connectivity index (χ1v) is 10.9. The normalized spacial score (nSPS) is 14.8. The standard InChI is InChI=1S/C23H21ClF3N5O2/c1-13-9-19(33)31-20(29-13)15-3-2-4-17(10-15)30-22(34)14-5-7-32(8-6-14)21-18(24)11-16(12-28-21)23(25,26)27/h2-4,9-12,14H,5-8H2,1H3,(H,30,34)(H,29,31,33). The fourth-order valence-corrected chi connectivity index (χ4v) is 4.16. The number of hydrogen-bond donors (Lipinski definition) is 2. The van der Waals surface area contributed by atoms with E-state index in [1.807, 2.05) is 0 Å². The molecule has 7 nitrogen and oxygen atoms in total. The van der Waals surface area contributed by atoms with Crippen LogP contribution in [0.3, 0.4) is 0 Å². The maximum Gasteiger partial charge on any atom is 0.417 e. The quantitative estimate of drug-likeness (QED) is 0.553. The number of alkyl halides is 3. The van der Waals surface area contributed by atoms with Crippen molar-refractivity contribution in [1.82, 2.24) is 15.0 Å². The van der Waals surface area contributed by atoms with E-state index in [2.05, 4.69) is 20.3 Å². The molecule has 0 saturated carbocycles. The Balaban J connectivity index is 1.39. The van der Waals surface area contributed by atoms with E-state index < -0.39 is 11.7 Å². The van der Waals surface area contributed by atoms with E-state index >= 15 is 0 Å². The van der Waals surface area contributed by atoms with Gasteiger partial charge in [0.1, 0.15) is 11.6 Å². The molecule has 0 spiro atoms. The molecule has 2 aromatic heterocycles. The van der Waals surface area contributed by atoms with Crippen molar-refractivity contribution in [2.45, 2.75) is 25.9 Å². The molecule has 11 heteroatoms. The molecule has 1 amide bonds. The number of amides is 1. The minimum Gasteiger partial charge on any atom is -0.355 e. The van der Waals surface area contributed by atoms with E-state index in [1.165, 1.54) is 6.07 Å². The largest absolute Gasteiger partial charge is 0.417 e. The van der Waals surface area contributed by atoms with E-state index in [-0.39, 0.29) is 28.2 Å². The molecule has 1 aliphatic heterocycles. The lowest BCUT2D eigenvalue weighted by Gasteiger charge is -2.32. The number of pyridine rings is 1. The summed E-state index contributed by atoms with van der Waals surface area (Å²) in [6.07, 6.45) is -2.75. The second-order valence-corrected chi connectivity index (χ2v) is 8.50. The number of H-pyrrole nitrogens is 1. The number of anilines is 2. The Kier molecular flexibility index (Phi) is 6.60. The first-order chi connectivity index (χ1) is 16.1. The van der Waals surface area contributed by atoms with Crippen LogP contribution >= 0.6 is 11.6 Å². The monoisotopic (exact) mass is 491 g/mol. The number of rotatable bonds is 4. The van der Waals surface area contributed by atoms with Gasteiger partial charge in [0.05, 0.1) is 10.6 Å². The molecule has 2 N–H and O–H groups in total. The third kappa shape index (κ3) is 5.39. The van der Waals surface area contributed by atoms with Gasteiger partial charge in [-0.1, -0.05) is 23.7 Å². The molecule has 0 radical (unpaired) electrons. The van der Waals surface area contributed by atoms with Crippen LogP contribution in [0.4, 0.5) is 24.7 Å². The smallest absolute Gasteiger partial charge is 0.355 e. The number of halogens is 4. The van der Waals surface area contributed by atoms with Gasteiger partial charge in [0.15, 0.2) is 0 Å². The Morgan fingerprint density at radius 3 is 2.59 bits per heavy atom. The van der Waals surface area contributed by atoms with Gasteiger partial charge in [0, 0.05) is 48.2 Å². The number of nitrogens with zero attached hydrogens (tertiary/aromatic N) is 3. The van der Waals surface area contributed by atoms with Gasteiger partial charge in [-0.15, -0.1) is 0 Å². The molecule has 0 bridgehead atoms. The molecule has 3 heterocycles. The Morgan fingerprint density at radius 1 is 1.21 bits per heavy atom. The molecule has 0 unspecified atom stereocenters. The van der Waals surface area contributed by atoms with E-state index in [9.17, 15) is 22.8 Å². The highest BCUT2D eigenvalue weighted by atomic mass is 35.5. The molecule has 1 fully saturated rings. The maximum absolute atomic E-state index is 12.8. The van der Waals surface area contributed by atoms with Gasteiger partial charge in [-0.25, -0.2) is 9.97 Å². The van der Waals surface area contributed by atoms with Crippen molar-refractivity contribution in [2.75, 3.05) is 23.3 Å². The first-order valence-electron chi connectivity index (χ1n) is 10.6.